The number of piperidine rings is 1. The highest BCUT2D eigenvalue weighted by Gasteiger charge is 2.17. The fraction of sp³-hybridized carbons (Fsp3) is 0.727. The third-order valence-electron chi connectivity index (χ3n) is 3.00. The van der Waals surface area contributed by atoms with E-state index in [1.54, 1.807) is 0 Å². The van der Waals surface area contributed by atoms with Gasteiger partial charge in [0.25, 0.3) is 0 Å². The van der Waals surface area contributed by atoms with Crippen molar-refractivity contribution >= 4 is 0 Å². The van der Waals surface area contributed by atoms with Crippen molar-refractivity contribution in [3.8, 4) is 0 Å². The summed E-state index contributed by atoms with van der Waals surface area (Å²) in [7, 11) is 1.97. The molecule has 2 rings (SSSR count). The average molecular weight is 193 g/mol. The van der Waals surface area contributed by atoms with E-state index in [2.05, 4.69) is 23.5 Å². The minimum Gasteiger partial charge on any atom is -0.313 e. The summed E-state index contributed by atoms with van der Waals surface area (Å²) < 4.78 is 1.88. The van der Waals surface area contributed by atoms with Gasteiger partial charge in [-0.1, -0.05) is 6.92 Å². The number of aromatic nitrogens is 2. The van der Waals surface area contributed by atoms with Crippen molar-refractivity contribution in [1.29, 1.82) is 0 Å². The Morgan fingerprint density at radius 1 is 1.57 bits per heavy atom. The molecule has 3 nitrogen and oxygen atoms in total. The molecule has 0 amide bonds. The van der Waals surface area contributed by atoms with Crippen LogP contribution in [-0.2, 0) is 13.5 Å². The molecule has 1 N–H and O–H groups in total. The Morgan fingerprint density at radius 3 is 3.00 bits per heavy atom. The van der Waals surface area contributed by atoms with E-state index in [4.69, 9.17) is 0 Å². The number of nitrogens with zero attached hydrogens (tertiary/aromatic N) is 2. The van der Waals surface area contributed by atoms with Gasteiger partial charge in [-0.15, -0.1) is 0 Å². The van der Waals surface area contributed by atoms with E-state index in [0.29, 0.717) is 6.04 Å². The molecule has 2 heterocycles. The highest BCUT2D eigenvalue weighted by atomic mass is 15.2. The molecule has 1 aromatic rings. The first kappa shape index (κ1) is 9.71. The van der Waals surface area contributed by atoms with Gasteiger partial charge in [-0.25, -0.2) is 0 Å². The minimum absolute atomic E-state index is 0.662. The van der Waals surface area contributed by atoms with Crippen LogP contribution in [0.2, 0.25) is 0 Å². The molecular formula is C11H19N3. The van der Waals surface area contributed by atoms with Crippen LogP contribution in [-0.4, -0.2) is 22.4 Å². The minimum atomic E-state index is 0.662. The maximum Gasteiger partial charge on any atom is 0.0522 e. The molecule has 1 aliphatic rings. The maximum atomic E-state index is 4.19. The molecule has 78 valence electrons. The smallest absolute Gasteiger partial charge is 0.0522 e. The molecule has 2 unspecified atom stereocenters. The second-order valence-corrected chi connectivity index (χ2v) is 4.51. The fourth-order valence-electron chi connectivity index (χ4n) is 2.09. The highest BCUT2D eigenvalue weighted by molar-refractivity contribution is 5.06. The van der Waals surface area contributed by atoms with Crippen LogP contribution in [0.1, 0.15) is 25.3 Å². The Bertz CT molecular complexity index is 284. The third kappa shape index (κ3) is 2.35. The van der Waals surface area contributed by atoms with Crippen LogP contribution in [0.5, 0.6) is 0 Å². The lowest BCUT2D eigenvalue weighted by Gasteiger charge is -2.27. The zero-order valence-corrected chi connectivity index (χ0v) is 9.03. The maximum absolute atomic E-state index is 4.19. The summed E-state index contributed by atoms with van der Waals surface area (Å²) in [5.74, 6) is 0.847. The van der Waals surface area contributed by atoms with Crippen molar-refractivity contribution in [2.75, 3.05) is 6.54 Å². The van der Waals surface area contributed by atoms with Gasteiger partial charge in [0.05, 0.1) is 6.20 Å². The predicted octanol–water partition coefficient (Wildman–Crippen LogP) is 1.35. The first-order chi connectivity index (χ1) is 6.74. The van der Waals surface area contributed by atoms with E-state index >= 15 is 0 Å². The van der Waals surface area contributed by atoms with Gasteiger partial charge in [0.1, 0.15) is 0 Å². The van der Waals surface area contributed by atoms with Gasteiger partial charge >= 0.3 is 0 Å². The second kappa shape index (κ2) is 4.13. The van der Waals surface area contributed by atoms with Crippen LogP contribution < -0.4 is 5.32 Å². The third-order valence-corrected chi connectivity index (χ3v) is 3.00. The zero-order valence-electron chi connectivity index (χ0n) is 9.03. The topological polar surface area (TPSA) is 29.9 Å². The Morgan fingerprint density at radius 2 is 2.43 bits per heavy atom. The number of rotatable bonds is 2. The van der Waals surface area contributed by atoms with Crippen molar-refractivity contribution in [3.63, 3.8) is 0 Å². The molecular weight excluding hydrogens is 174 g/mol. The second-order valence-electron chi connectivity index (χ2n) is 4.51. The van der Waals surface area contributed by atoms with Gasteiger partial charge in [-0.05, 0) is 37.3 Å². The van der Waals surface area contributed by atoms with Crippen molar-refractivity contribution < 1.29 is 0 Å². The van der Waals surface area contributed by atoms with E-state index in [1.165, 1.54) is 24.9 Å². The lowest BCUT2D eigenvalue weighted by molar-refractivity contribution is 0.326. The molecule has 0 radical (unpaired) electrons. The fourth-order valence-corrected chi connectivity index (χ4v) is 2.09. The SMILES string of the molecule is CC1CCC(Cc2cnn(C)c2)NC1. The van der Waals surface area contributed by atoms with Crippen molar-refractivity contribution in [2.45, 2.75) is 32.2 Å². The standard InChI is InChI=1S/C11H19N3/c1-9-3-4-11(12-6-9)5-10-7-13-14(2)8-10/h7-9,11-12H,3-6H2,1-2H3. The van der Waals surface area contributed by atoms with Gasteiger partial charge in [0.2, 0.25) is 0 Å². The Balaban J connectivity index is 1.86. The van der Waals surface area contributed by atoms with Gasteiger partial charge in [-0.2, -0.15) is 5.10 Å². The molecule has 0 saturated carbocycles. The quantitative estimate of drug-likeness (QED) is 0.768. The summed E-state index contributed by atoms with van der Waals surface area (Å²) in [5, 5.41) is 7.78. The number of hydrogen-bond donors (Lipinski definition) is 1. The summed E-state index contributed by atoms with van der Waals surface area (Å²) in [6.07, 6.45) is 7.87. The molecule has 1 fully saturated rings. The van der Waals surface area contributed by atoms with Gasteiger partial charge in [0.15, 0.2) is 0 Å². The van der Waals surface area contributed by atoms with Crippen molar-refractivity contribution in [3.05, 3.63) is 18.0 Å². The summed E-state index contributed by atoms with van der Waals surface area (Å²) in [6.45, 7) is 3.48. The molecule has 0 spiro atoms. The monoisotopic (exact) mass is 193 g/mol. The van der Waals surface area contributed by atoms with E-state index in [1.807, 2.05) is 17.9 Å². The van der Waals surface area contributed by atoms with Gasteiger partial charge in [-0.3, -0.25) is 4.68 Å². The zero-order chi connectivity index (χ0) is 9.97. The first-order valence-electron chi connectivity index (χ1n) is 5.45. The molecule has 1 aliphatic heterocycles. The van der Waals surface area contributed by atoms with Crippen LogP contribution in [0.3, 0.4) is 0 Å². The number of aryl methyl sites for hydroxylation is 1. The van der Waals surface area contributed by atoms with Crippen LogP contribution in [0.4, 0.5) is 0 Å². The number of hydrogen-bond acceptors (Lipinski definition) is 2. The van der Waals surface area contributed by atoms with Crippen LogP contribution in [0.15, 0.2) is 12.4 Å². The van der Waals surface area contributed by atoms with Crippen LogP contribution in [0.25, 0.3) is 0 Å². The molecule has 0 aliphatic carbocycles. The van der Waals surface area contributed by atoms with Crippen molar-refractivity contribution in [1.82, 2.24) is 15.1 Å². The molecule has 3 heteroatoms. The highest BCUT2D eigenvalue weighted by Crippen LogP contribution is 2.16. The Labute approximate surface area is 85.5 Å². The first-order valence-corrected chi connectivity index (χ1v) is 5.45. The van der Waals surface area contributed by atoms with Gasteiger partial charge < -0.3 is 5.32 Å². The predicted molar refractivity (Wildman–Crippen MR) is 57.1 cm³/mol. The molecule has 0 bridgehead atoms. The molecule has 0 aromatic carbocycles. The molecule has 1 saturated heterocycles. The summed E-state index contributed by atoms with van der Waals surface area (Å²) in [6, 6.07) is 0.662. The molecule has 14 heavy (non-hydrogen) atoms. The summed E-state index contributed by atoms with van der Waals surface area (Å²) in [5.41, 5.74) is 1.35. The van der Waals surface area contributed by atoms with Crippen LogP contribution in [0, 0.1) is 5.92 Å². The van der Waals surface area contributed by atoms with Gasteiger partial charge in [0, 0.05) is 19.3 Å². The lowest BCUT2D eigenvalue weighted by Crippen LogP contribution is -2.39. The number of nitrogens with one attached hydrogen (secondary N) is 1. The summed E-state index contributed by atoms with van der Waals surface area (Å²) in [4.78, 5) is 0. The van der Waals surface area contributed by atoms with Crippen molar-refractivity contribution in [2.24, 2.45) is 13.0 Å². The van der Waals surface area contributed by atoms with E-state index < -0.39 is 0 Å². The van der Waals surface area contributed by atoms with Crippen LogP contribution >= 0.6 is 0 Å². The van der Waals surface area contributed by atoms with E-state index in [0.717, 1.165) is 12.3 Å². The van der Waals surface area contributed by atoms with E-state index in [-0.39, 0.29) is 0 Å². The largest absolute Gasteiger partial charge is 0.313 e. The normalized spacial score (nSPS) is 27.9. The Hall–Kier alpha value is -0.830. The lowest BCUT2D eigenvalue weighted by atomic mass is 9.93. The summed E-state index contributed by atoms with van der Waals surface area (Å²) >= 11 is 0. The molecule has 1 aromatic heterocycles. The average Bonchev–Trinajstić information content (AvgIpc) is 2.56. The van der Waals surface area contributed by atoms with E-state index in [9.17, 15) is 0 Å². The Kier molecular flexibility index (Phi) is 2.87. The molecule has 2 atom stereocenters.